The van der Waals surface area contributed by atoms with E-state index in [1.807, 2.05) is 6.07 Å². The second kappa shape index (κ2) is 4.48. The van der Waals surface area contributed by atoms with Gasteiger partial charge in [-0.3, -0.25) is 0 Å². The van der Waals surface area contributed by atoms with Gasteiger partial charge in [0.15, 0.2) is 0 Å². The number of benzene rings is 1. The van der Waals surface area contributed by atoms with E-state index in [-0.39, 0.29) is 6.61 Å². The van der Waals surface area contributed by atoms with Gasteiger partial charge in [-0.1, -0.05) is 6.07 Å². The first-order chi connectivity index (χ1) is 6.90. The van der Waals surface area contributed by atoms with Gasteiger partial charge in [0.2, 0.25) is 0 Å². The van der Waals surface area contributed by atoms with Crippen LogP contribution in [0.3, 0.4) is 0 Å². The molecule has 0 saturated heterocycles. The van der Waals surface area contributed by atoms with E-state index in [1.54, 1.807) is 18.1 Å². The topological polar surface area (TPSA) is 48.9 Å². The highest BCUT2D eigenvalue weighted by Crippen LogP contribution is 2.16. The number of fused-ring (bicyclic) bond motifs is 1. The van der Waals surface area contributed by atoms with Gasteiger partial charge in [-0.05, 0) is 17.7 Å². The molecule has 2 N–H and O–H groups in total. The number of thioether (sulfide) groups is 1. The van der Waals surface area contributed by atoms with Gasteiger partial charge >= 0.3 is 0 Å². The summed E-state index contributed by atoms with van der Waals surface area (Å²) in [6.45, 7) is 0.247. The number of imidazole rings is 1. The Morgan fingerprint density at radius 2 is 2.36 bits per heavy atom. The Hall–Kier alpha value is -1.00. The van der Waals surface area contributed by atoms with Crippen molar-refractivity contribution in [1.82, 2.24) is 9.97 Å². The lowest BCUT2D eigenvalue weighted by atomic mass is 10.2. The first kappa shape index (κ1) is 9.55. The van der Waals surface area contributed by atoms with Crippen molar-refractivity contribution in [3.8, 4) is 0 Å². The van der Waals surface area contributed by atoms with E-state index >= 15 is 0 Å². The van der Waals surface area contributed by atoms with Crippen molar-refractivity contribution in [2.75, 3.05) is 12.4 Å². The quantitative estimate of drug-likeness (QED) is 0.753. The number of rotatable bonds is 4. The maximum absolute atomic E-state index is 8.65. The van der Waals surface area contributed by atoms with Crippen LogP contribution in [0.4, 0.5) is 0 Å². The number of aromatic amines is 1. The minimum Gasteiger partial charge on any atom is -0.396 e. The van der Waals surface area contributed by atoms with Crippen LogP contribution in [-0.4, -0.2) is 27.4 Å². The molecule has 0 aliphatic rings. The Kier molecular flexibility index (Phi) is 3.06. The fraction of sp³-hybridized carbons (Fsp3) is 0.300. The van der Waals surface area contributed by atoms with Crippen LogP contribution in [0.5, 0.6) is 0 Å². The fourth-order valence-corrected chi connectivity index (χ4v) is 2.02. The zero-order chi connectivity index (χ0) is 9.80. The summed E-state index contributed by atoms with van der Waals surface area (Å²) in [7, 11) is 0. The summed E-state index contributed by atoms with van der Waals surface area (Å²) in [4.78, 5) is 7.23. The molecule has 2 aromatic rings. The van der Waals surface area contributed by atoms with Gasteiger partial charge in [-0.15, -0.1) is 0 Å². The van der Waals surface area contributed by atoms with Gasteiger partial charge < -0.3 is 10.1 Å². The Labute approximate surface area is 86.6 Å². The number of aliphatic hydroxyl groups excluding tert-OH is 1. The number of aromatic nitrogens is 2. The van der Waals surface area contributed by atoms with Crippen LogP contribution < -0.4 is 0 Å². The third-order valence-corrected chi connectivity index (χ3v) is 3.00. The van der Waals surface area contributed by atoms with Crippen molar-refractivity contribution in [2.24, 2.45) is 0 Å². The molecule has 1 heterocycles. The van der Waals surface area contributed by atoms with Crippen LogP contribution in [0, 0.1) is 0 Å². The molecule has 0 radical (unpaired) electrons. The van der Waals surface area contributed by atoms with Crippen LogP contribution in [0.25, 0.3) is 11.0 Å². The molecule has 0 saturated carbocycles. The van der Waals surface area contributed by atoms with Crippen LogP contribution in [0.1, 0.15) is 5.56 Å². The number of nitrogens with zero attached hydrogens (tertiary/aromatic N) is 1. The lowest BCUT2D eigenvalue weighted by molar-refractivity contribution is 0.322. The van der Waals surface area contributed by atoms with Gasteiger partial charge in [0.05, 0.1) is 24.0 Å². The monoisotopic (exact) mass is 208 g/mol. The standard InChI is InChI=1S/C10H12N2OS/c13-3-4-14-6-8-1-2-9-10(5-8)12-7-11-9/h1-2,5,7,13H,3-4,6H2,(H,11,12). The van der Waals surface area contributed by atoms with E-state index in [0.29, 0.717) is 0 Å². The van der Waals surface area contributed by atoms with Crippen molar-refractivity contribution in [3.05, 3.63) is 30.1 Å². The van der Waals surface area contributed by atoms with E-state index in [4.69, 9.17) is 5.11 Å². The summed E-state index contributed by atoms with van der Waals surface area (Å²) in [5.41, 5.74) is 3.34. The fourth-order valence-electron chi connectivity index (χ4n) is 1.33. The predicted molar refractivity (Wildman–Crippen MR) is 59.3 cm³/mol. The molecule has 1 aromatic heterocycles. The highest BCUT2D eigenvalue weighted by atomic mass is 32.2. The molecule has 0 bridgehead atoms. The summed E-state index contributed by atoms with van der Waals surface area (Å²) in [5.74, 6) is 1.73. The SMILES string of the molecule is OCCSCc1ccc2nc[nH]c2c1. The van der Waals surface area contributed by atoms with Crippen LogP contribution >= 0.6 is 11.8 Å². The molecule has 0 aliphatic heterocycles. The van der Waals surface area contributed by atoms with Crippen molar-refractivity contribution in [2.45, 2.75) is 5.75 Å². The Bertz CT molecular complexity index is 413. The summed E-state index contributed by atoms with van der Waals surface area (Å²) in [5, 5.41) is 8.65. The van der Waals surface area contributed by atoms with Crippen molar-refractivity contribution < 1.29 is 5.11 Å². The number of nitrogens with one attached hydrogen (secondary N) is 1. The van der Waals surface area contributed by atoms with Crippen molar-refractivity contribution >= 4 is 22.8 Å². The van der Waals surface area contributed by atoms with Crippen LogP contribution in [0.15, 0.2) is 24.5 Å². The maximum Gasteiger partial charge on any atom is 0.0931 e. The minimum absolute atomic E-state index is 0.247. The Morgan fingerprint density at radius 1 is 1.43 bits per heavy atom. The summed E-state index contributed by atoms with van der Waals surface area (Å²) >= 11 is 1.73. The maximum atomic E-state index is 8.65. The van der Waals surface area contributed by atoms with Crippen LogP contribution in [0.2, 0.25) is 0 Å². The third-order valence-electron chi connectivity index (χ3n) is 1.99. The molecule has 14 heavy (non-hydrogen) atoms. The molecular formula is C10H12N2OS. The first-order valence-electron chi connectivity index (χ1n) is 4.51. The zero-order valence-electron chi connectivity index (χ0n) is 7.73. The van der Waals surface area contributed by atoms with Gasteiger partial charge in [0, 0.05) is 11.5 Å². The Morgan fingerprint density at radius 3 is 3.21 bits per heavy atom. The molecule has 1 aromatic carbocycles. The molecule has 0 atom stereocenters. The third kappa shape index (κ3) is 2.08. The van der Waals surface area contributed by atoms with E-state index in [2.05, 4.69) is 22.1 Å². The average molecular weight is 208 g/mol. The lowest BCUT2D eigenvalue weighted by Gasteiger charge is -1.99. The summed E-state index contributed by atoms with van der Waals surface area (Å²) in [6.07, 6.45) is 1.70. The molecule has 0 aliphatic carbocycles. The highest BCUT2D eigenvalue weighted by molar-refractivity contribution is 7.98. The summed E-state index contributed by atoms with van der Waals surface area (Å²) < 4.78 is 0. The van der Waals surface area contributed by atoms with E-state index < -0.39 is 0 Å². The highest BCUT2D eigenvalue weighted by Gasteiger charge is 1.98. The molecular weight excluding hydrogens is 196 g/mol. The molecule has 2 rings (SSSR count). The van der Waals surface area contributed by atoms with E-state index in [0.717, 1.165) is 22.5 Å². The number of hydrogen-bond acceptors (Lipinski definition) is 3. The summed E-state index contributed by atoms with van der Waals surface area (Å²) in [6, 6.07) is 6.20. The van der Waals surface area contributed by atoms with Crippen molar-refractivity contribution in [3.63, 3.8) is 0 Å². The molecule has 4 heteroatoms. The average Bonchev–Trinajstić information content (AvgIpc) is 2.65. The second-order valence-corrected chi connectivity index (χ2v) is 4.14. The van der Waals surface area contributed by atoms with Gasteiger partial charge in [-0.2, -0.15) is 11.8 Å². The molecule has 0 amide bonds. The van der Waals surface area contributed by atoms with Crippen LogP contribution in [-0.2, 0) is 5.75 Å². The smallest absolute Gasteiger partial charge is 0.0931 e. The van der Waals surface area contributed by atoms with Crippen molar-refractivity contribution in [1.29, 1.82) is 0 Å². The molecule has 3 nitrogen and oxygen atoms in total. The first-order valence-corrected chi connectivity index (χ1v) is 5.66. The largest absolute Gasteiger partial charge is 0.396 e. The van der Waals surface area contributed by atoms with E-state index in [1.165, 1.54) is 5.56 Å². The Balaban J connectivity index is 2.10. The molecule has 74 valence electrons. The van der Waals surface area contributed by atoms with Gasteiger partial charge in [-0.25, -0.2) is 4.98 Å². The molecule has 0 fully saturated rings. The number of H-pyrrole nitrogens is 1. The molecule has 0 spiro atoms. The minimum atomic E-state index is 0.247. The number of hydrogen-bond donors (Lipinski definition) is 2. The van der Waals surface area contributed by atoms with E-state index in [9.17, 15) is 0 Å². The molecule has 0 unspecified atom stereocenters. The second-order valence-electron chi connectivity index (χ2n) is 3.03. The zero-order valence-corrected chi connectivity index (χ0v) is 8.55. The number of aliphatic hydroxyl groups is 1. The van der Waals surface area contributed by atoms with Gasteiger partial charge in [0.25, 0.3) is 0 Å². The van der Waals surface area contributed by atoms with Gasteiger partial charge in [0.1, 0.15) is 0 Å². The predicted octanol–water partition coefficient (Wildman–Crippen LogP) is 1.79. The normalized spacial score (nSPS) is 10.9. The lowest BCUT2D eigenvalue weighted by Crippen LogP contribution is -1.87.